The summed E-state index contributed by atoms with van der Waals surface area (Å²) in [5.74, 6) is 0.841. The quantitative estimate of drug-likeness (QED) is 0.532. The molecule has 4 rings (SSSR count). The van der Waals surface area contributed by atoms with Crippen molar-refractivity contribution in [2.75, 3.05) is 6.79 Å². The zero-order valence-corrected chi connectivity index (χ0v) is 16.1. The van der Waals surface area contributed by atoms with E-state index in [-0.39, 0.29) is 18.0 Å². The fourth-order valence-corrected chi connectivity index (χ4v) is 3.14. The van der Waals surface area contributed by atoms with Gasteiger partial charge in [0.25, 0.3) is 11.5 Å². The van der Waals surface area contributed by atoms with Crippen molar-refractivity contribution >= 4 is 22.4 Å². The van der Waals surface area contributed by atoms with Crippen LogP contribution in [0.4, 0.5) is 0 Å². The van der Waals surface area contributed by atoms with Gasteiger partial charge in [0.1, 0.15) is 0 Å². The molecular weight excluding hydrogens is 372 g/mol. The van der Waals surface area contributed by atoms with Crippen molar-refractivity contribution in [2.45, 2.75) is 26.8 Å². The van der Waals surface area contributed by atoms with Gasteiger partial charge in [-0.2, -0.15) is 10.2 Å². The average molecular weight is 392 g/mol. The standard InChI is InChI=1S/C21H20N4O4/c1-3-10-25-21(27)16-7-5-4-6-15(16)19(24-25)20(26)23-22-13(2)14-8-9-17-18(11-14)29-12-28-17/h4-9,11H,3,10,12H2,1-2H3,(H,23,26)/b22-13-. The summed E-state index contributed by atoms with van der Waals surface area (Å²) in [6, 6.07) is 12.4. The molecule has 2 aromatic carbocycles. The number of rotatable bonds is 5. The van der Waals surface area contributed by atoms with Crippen LogP contribution in [0, 0.1) is 0 Å². The smallest absolute Gasteiger partial charge is 0.292 e. The summed E-state index contributed by atoms with van der Waals surface area (Å²) in [5, 5.41) is 9.42. The van der Waals surface area contributed by atoms with Gasteiger partial charge < -0.3 is 9.47 Å². The van der Waals surface area contributed by atoms with Crippen molar-refractivity contribution in [3.8, 4) is 11.5 Å². The van der Waals surface area contributed by atoms with E-state index in [9.17, 15) is 9.59 Å². The summed E-state index contributed by atoms with van der Waals surface area (Å²) in [6.45, 7) is 4.35. The number of hydrogen-bond donors (Lipinski definition) is 1. The van der Waals surface area contributed by atoms with Gasteiger partial charge in [-0.3, -0.25) is 9.59 Å². The minimum atomic E-state index is -0.480. The number of aromatic nitrogens is 2. The van der Waals surface area contributed by atoms with Crippen LogP contribution in [-0.2, 0) is 6.54 Å². The number of carbonyl (C=O) groups is 1. The molecule has 1 aliphatic heterocycles. The molecule has 29 heavy (non-hydrogen) atoms. The zero-order chi connectivity index (χ0) is 20.4. The van der Waals surface area contributed by atoms with Gasteiger partial charge in [0, 0.05) is 17.5 Å². The van der Waals surface area contributed by atoms with Crippen LogP contribution in [-0.4, -0.2) is 28.2 Å². The molecule has 0 fully saturated rings. The van der Waals surface area contributed by atoms with Gasteiger partial charge in [0.2, 0.25) is 6.79 Å². The molecule has 3 aromatic rings. The van der Waals surface area contributed by atoms with Gasteiger partial charge in [0.05, 0.1) is 11.1 Å². The highest BCUT2D eigenvalue weighted by molar-refractivity contribution is 6.06. The van der Waals surface area contributed by atoms with Gasteiger partial charge >= 0.3 is 0 Å². The van der Waals surface area contributed by atoms with Crippen molar-refractivity contribution in [1.29, 1.82) is 0 Å². The summed E-state index contributed by atoms with van der Waals surface area (Å²) in [7, 11) is 0. The fraction of sp³-hybridized carbons (Fsp3) is 0.238. The topological polar surface area (TPSA) is 94.8 Å². The number of ether oxygens (including phenoxy) is 2. The van der Waals surface area contributed by atoms with Crippen LogP contribution in [0.15, 0.2) is 52.4 Å². The second kappa shape index (κ2) is 7.75. The minimum Gasteiger partial charge on any atom is -0.454 e. The highest BCUT2D eigenvalue weighted by atomic mass is 16.7. The Kier molecular flexibility index (Phi) is 4.99. The van der Waals surface area contributed by atoms with E-state index in [0.717, 1.165) is 12.0 Å². The first-order valence-corrected chi connectivity index (χ1v) is 9.33. The van der Waals surface area contributed by atoms with Crippen LogP contribution in [0.25, 0.3) is 10.8 Å². The Morgan fingerprint density at radius 2 is 1.93 bits per heavy atom. The highest BCUT2D eigenvalue weighted by Gasteiger charge is 2.17. The molecule has 1 N–H and O–H groups in total. The van der Waals surface area contributed by atoms with Crippen LogP contribution in [0.1, 0.15) is 36.3 Å². The average Bonchev–Trinajstić information content (AvgIpc) is 3.22. The molecule has 2 heterocycles. The molecule has 1 aromatic heterocycles. The van der Waals surface area contributed by atoms with E-state index in [1.165, 1.54) is 4.68 Å². The lowest BCUT2D eigenvalue weighted by Gasteiger charge is -2.09. The van der Waals surface area contributed by atoms with E-state index >= 15 is 0 Å². The van der Waals surface area contributed by atoms with Gasteiger partial charge in [0.15, 0.2) is 17.2 Å². The Bertz CT molecular complexity index is 1180. The van der Waals surface area contributed by atoms with Crippen LogP contribution in [0.5, 0.6) is 11.5 Å². The number of amides is 1. The molecule has 8 nitrogen and oxygen atoms in total. The highest BCUT2D eigenvalue weighted by Crippen LogP contribution is 2.32. The van der Waals surface area contributed by atoms with Crippen LogP contribution < -0.4 is 20.5 Å². The van der Waals surface area contributed by atoms with Gasteiger partial charge in [-0.25, -0.2) is 10.1 Å². The molecule has 0 saturated heterocycles. The zero-order valence-electron chi connectivity index (χ0n) is 16.1. The van der Waals surface area contributed by atoms with Crippen molar-refractivity contribution in [2.24, 2.45) is 5.10 Å². The number of fused-ring (bicyclic) bond motifs is 2. The maximum Gasteiger partial charge on any atom is 0.292 e. The Morgan fingerprint density at radius 1 is 1.17 bits per heavy atom. The lowest BCUT2D eigenvalue weighted by Crippen LogP contribution is -2.29. The van der Waals surface area contributed by atoms with E-state index in [0.29, 0.717) is 34.5 Å². The predicted molar refractivity (Wildman–Crippen MR) is 109 cm³/mol. The molecule has 1 aliphatic rings. The molecule has 0 unspecified atom stereocenters. The Morgan fingerprint density at radius 3 is 2.72 bits per heavy atom. The van der Waals surface area contributed by atoms with Crippen molar-refractivity contribution in [3.63, 3.8) is 0 Å². The summed E-state index contributed by atoms with van der Waals surface area (Å²) < 4.78 is 12.0. The van der Waals surface area contributed by atoms with E-state index in [2.05, 4.69) is 15.6 Å². The summed E-state index contributed by atoms with van der Waals surface area (Å²) in [4.78, 5) is 25.4. The van der Waals surface area contributed by atoms with Crippen molar-refractivity contribution in [3.05, 3.63) is 64.1 Å². The number of benzene rings is 2. The van der Waals surface area contributed by atoms with Gasteiger partial charge in [-0.05, 0) is 37.6 Å². The molecule has 0 saturated carbocycles. The first-order valence-electron chi connectivity index (χ1n) is 9.33. The van der Waals surface area contributed by atoms with Crippen molar-refractivity contribution in [1.82, 2.24) is 15.2 Å². The number of hydrogen-bond acceptors (Lipinski definition) is 6. The largest absolute Gasteiger partial charge is 0.454 e. The summed E-state index contributed by atoms with van der Waals surface area (Å²) in [5.41, 5.74) is 3.89. The van der Waals surface area contributed by atoms with Gasteiger partial charge in [-0.15, -0.1) is 0 Å². The molecule has 0 atom stereocenters. The van der Waals surface area contributed by atoms with Gasteiger partial charge in [-0.1, -0.05) is 25.1 Å². The Labute approximate surface area is 166 Å². The predicted octanol–water partition coefficient (Wildman–Crippen LogP) is 2.69. The third-order valence-corrected chi connectivity index (χ3v) is 4.63. The lowest BCUT2D eigenvalue weighted by molar-refractivity contribution is 0.0949. The number of hydrazone groups is 1. The van der Waals surface area contributed by atoms with E-state index < -0.39 is 5.91 Å². The number of nitrogens with zero attached hydrogens (tertiary/aromatic N) is 3. The number of carbonyl (C=O) groups excluding carboxylic acids is 1. The van der Waals surface area contributed by atoms with E-state index in [1.54, 1.807) is 37.3 Å². The molecule has 0 aliphatic carbocycles. The monoisotopic (exact) mass is 392 g/mol. The molecule has 0 bridgehead atoms. The summed E-state index contributed by atoms with van der Waals surface area (Å²) in [6.07, 6.45) is 0.730. The molecule has 148 valence electrons. The first-order chi connectivity index (χ1) is 14.1. The molecule has 8 heteroatoms. The minimum absolute atomic E-state index is 0.163. The Hall–Kier alpha value is -3.68. The maximum absolute atomic E-state index is 12.8. The molecule has 0 spiro atoms. The van der Waals surface area contributed by atoms with Crippen LogP contribution >= 0.6 is 0 Å². The summed E-state index contributed by atoms with van der Waals surface area (Å²) >= 11 is 0. The first kappa shape index (κ1) is 18.7. The van der Waals surface area contributed by atoms with Crippen LogP contribution in [0.3, 0.4) is 0 Å². The lowest BCUT2D eigenvalue weighted by atomic mass is 10.1. The van der Waals surface area contributed by atoms with Crippen LogP contribution in [0.2, 0.25) is 0 Å². The normalized spacial score (nSPS) is 13.0. The van der Waals surface area contributed by atoms with E-state index in [4.69, 9.17) is 9.47 Å². The number of aryl methyl sites for hydroxylation is 1. The third kappa shape index (κ3) is 3.56. The Balaban J connectivity index is 1.64. The SMILES string of the molecule is CCCn1nc(C(=O)N/N=C(/C)c2ccc3c(c2)OCO3)c2ccccc2c1=O. The van der Waals surface area contributed by atoms with E-state index in [1.807, 2.05) is 19.1 Å². The molecular formula is C21H20N4O4. The maximum atomic E-state index is 12.8. The number of nitrogens with one attached hydrogen (secondary N) is 1. The van der Waals surface area contributed by atoms with Crippen molar-refractivity contribution < 1.29 is 14.3 Å². The second-order valence-electron chi connectivity index (χ2n) is 6.63. The second-order valence-corrected chi connectivity index (χ2v) is 6.63. The third-order valence-electron chi connectivity index (χ3n) is 4.63. The molecule has 1 amide bonds. The fourth-order valence-electron chi connectivity index (χ4n) is 3.14. The molecule has 0 radical (unpaired) electrons.